The van der Waals surface area contributed by atoms with Gasteiger partial charge in [-0.05, 0) is 68.1 Å². The number of guanidine groups is 1. The smallest absolute Gasteiger partial charge is 0.258 e. The highest BCUT2D eigenvalue weighted by Crippen LogP contribution is 2.15. The van der Waals surface area contributed by atoms with E-state index in [0.717, 1.165) is 41.8 Å². The molecular formula is C21H23F2N3O2. The van der Waals surface area contributed by atoms with Crippen LogP contribution < -0.4 is 10.6 Å². The second kappa shape index (κ2) is 8.93. The number of anilines is 1. The topological polar surface area (TPSA) is 62.7 Å². The molecule has 3 rings (SSSR count). The third-order valence-corrected chi connectivity index (χ3v) is 4.38. The van der Waals surface area contributed by atoms with Crippen LogP contribution in [0.25, 0.3) is 0 Å². The molecule has 0 aromatic heterocycles. The number of nitrogens with one attached hydrogen (secondary N) is 2. The van der Waals surface area contributed by atoms with Crippen molar-refractivity contribution in [3.63, 3.8) is 0 Å². The molecule has 1 saturated heterocycles. The molecule has 1 unspecified atom stereocenters. The van der Waals surface area contributed by atoms with E-state index in [0.29, 0.717) is 13.2 Å². The fourth-order valence-corrected chi connectivity index (χ4v) is 3.09. The van der Waals surface area contributed by atoms with Crippen LogP contribution in [-0.4, -0.2) is 31.1 Å². The molecular weight excluding hydrogens is 364 g/mol. The van der Waals surface area contributed by atoms with Crippen molar-refractivity contribution in [3.05, 3.63) is 64.7 Å². The number of halogens is 2. The quantitative estimate of drug-likeness (QED) is 0.617. The summed E-state index contributed by atoms with van der Waals surface area (Å²) in [7, 11) is 0. The van der Waals surface area contributed by atoms with Crippen LogP contribution in [0.5, 0.6) is 0 Å². The summed E-state index contributed by atoms with van der Waals surface area (Å²) in [5.41, 5.74) is 2.90. The van der Waals surface area contributed by atoms with Crippen LogP contribution in [0, 0.1) is 25.5 Å². The van der Waals surface area contributed by atoms with Crippen LogP contribution >= 0.6 is 0 Å². The minimum absolute atomic E-state index is 0.00550. The van der Waals surface area contributed by atoms with Gasteiger partial charge in [-0.1, -0.05) is 6.07 Å². The highest BCUT2D eigenvalue weighted by molar-refractivity contribution is 6.10. The zero-order valence-corrected chi connectivity index (χ0v) is 15.9. The van der Waals surface area contributed by atoms with Gasteiger partial charge in [-0.3, -0.25) is 10.1 Å². The van der Waals surface area contributed by atoms with E-state index in [1.165, 1.54) is 6.07 Å². The Morgan fingerprint density at radius 1 is 1.14 bits per heavy atom. The average molecular weight is 387 g/mol. The second-order valence-corrected chi connectivity index (χ2v) is 6.91. The number of benzene rings is 2. The summed E-state index contributed by atoms with van der Waals surface area (Å²) in [6.45, 7) is 5.05. The molecule has 148 valence electrons. The predicted octanol–water partition coefficient (Wildman–Crippen LogP) is 3.96. The summed E-state index contributed by atoms with van der Waals surface area (Å²) in [4.78, 5) is 16.9. The minimum Gasteiger partial charge on any atom is -0.376 e. The molecule has 1 aliphatic rings. The number of ether oxygens (including phenoxy) is 1. The third-order valence-electron chi connectivity index (χ3n) is 4.38. The van der Waals surface area contributed by atoms with Gasteiger partial charge in [0.05, 0.1) is 12.6 Å². The van der Waals surface area contributed by atoms with Crippen LogP contribution in [0.4, 0.5) is 14.5 Å². The molecule has 2 aromatic rings. The Labute approximate surface area is 162 Å². The van der Waals surface area contributed by atoms with Gasteiger partial charge in [0, 0.05) is 17.9 Å². The zero-order valence-electron chi connectivity index (χ0n) is 15.9. The lowest BCUT2D eigenvalue weighted by molar-refractivity contribution is 0.0975. The fourth-order valence-electron chi connectivity index (χ4n) is 3.09. The minimum atomic E-state index is -1.08. The van der Waals surface area contributed by atoms with E-state index in [4.69, 9.17) is 4.74 Å². The number of nitrogens with zero attached hydrogens (tertiary/aromatic N) is 1. The van der Waals surface area contributed by atoms with Crippen LogP contribution in [-0.2, 0) is 4.74 Å². The Hall–Kier alpha value is -2.80. The number of carbonyl (C=O) groups is 1. The molecule has 0 bridgehead atoms. The molecule has 2 N–H and O–H groups in total. The van der Waals surface area contributed by atoms with Crippen LogP contribution in [0.15, 0.2) is 41.4 Å². The van der Waals surface area contributed by atoms with Crippen molar-refractivity contribution in [1.82, 2.24) is 5.32 Å². The number of aliphatic imine (C=N–C) groups is 1. The van der Waals surface area contributed by atoms with E-state index >= 15 is 0 Å². The molecule has 1 atom stereocenters. The standard InChI is InChI=1S/C21H23F2N3O2/c1-13-8-14(2)10-16(9-13)25-21(24-12-17-4-3-7-28-17)26-20(27)15-5-6-18(22)19(23)11-15/h5-6,8-11,17H,3-4,7,12H2,1-2H3,(H2,24,25,26,27). The number of amides is 1. The highest BCUT2D eigenvalue weighted by Gasteiger charge is 2.17. The molecule has 0 radical (unpaired) electrons. The largest absolute Gasteiger partial charge is 0.376 e. The predicted molar refractivity (Wildman–Crippen MR) is 105 cm³/mol. The fraction of sp³-hybridized carbons (Fsp3) is 0.333. The Bertz CT molecular complexity index is 873. The summed E-state index contributed by atoms with van der Waals surface area (Å²) in [5.74, 6) is -2.43. The normalized spacial score (nSPS) is 16.9. The summed E-state index contributed by atoms with van der Waals surface area (Å²) >= 11 is 0. The number of hydrogen-bond donors (Lipinski definition) is 2. The molecule has 1 aliphatic heterocycles. The highest BCUT2D eigenvalue weighted by atomic mass is 19.2. The first-order chi connectivity index (χ1) is 13.4. The summed E-state index contributed by atoms with van der Waals surface area (Å²) < 4.78 is 32.1. The third kappa shape index (κ3) is 5.36. The van der Waals surface area contributed by atoms with E-state index in [1.54, 1.807) is 0 Å². The Morgan fingerprint density at radius 3 is 2.54 bits per heavy atom. The van der Waals surface area contributed by atoms with Gasteiger partial charge in [-0.2, -0.15) is 0 Å². The molecule has 1 fully saturated rings. The van der Waals surface area contributed by atoms with E-state index in [1.807, 2.05) is 32.0 Å². The number of hydrogen-bond acceptors (Lipinski definition) is 3. The lowest BCUT2D eigenvalue weighted by atomic mass is 10.1. The van der Waals surface area contributed by atoms with Crippen molar-refractivity contribution in [2.24, 2.45) is 4.99 Å². The molecule has 0 aliphatic carbocycles. The lowest BCUT2D eigenvalue weighted by Gasteiger charge is -2.14. The average Bonchev–Trinajstić information content (AvgIpc) is 3.14. The van der Waals surface area contributed by atoms with Gasteiger partial charge in [-0.25, -0.2) is 13.8 Å². The Balaban J connectivity index is 1.79. The maximum absolute atomic E-state index is 13.4. The summed E-state index contributed by atoms with van der Waals surface area (Å²) in [5, 5.41) is 5.75. The van der Waals surface area contributed by atoms with Crippen LogP contribution in [0.3, 0.4) is 0 Å². The van der Waals surface area contributed by atoms with Gasteiger partial charge in [0.2, 0.25) is 5.96 Å². The maximum atomic E-state index is 13.4. The van der Waals surface area contributed by atoms with Gasteiger partial charge in [0.1, 0.15) is 0 Å². The first-order valence-electron chi connectivity index (χ1n) is 9.18. The molecule has 0 spiro atoms. The van der Waals surface area contributed by atoms with Crippen molar-refractivity contribution < 1.29 is 18.3 Å². The first-order valence-corrected chi connectivity index (χ1v) is 9.18. The van der Waals surface area contributed by atoms with Crippen molar-refractivity contribution in [2.45, 2.75) is 32.8 Å². The molecule has 28 heavy (non-hydrogen) atoms. The number of rotatable bonds is 4. The number of carbonyl (C=O) groups excluding carboxylic acids is 1. The monoisotopic (exact) mass is 387 g/mol. The Morgan fingerprint density at radius 2 is 1.89 bits per heavy atom. The lowest BCUT2D eigenvalue weighted by Crippen LogP contribution is -2.37. The van der Waals surface area contributed by atoms with Crippen LogP contribution in [0.2, 0.25) is 0 Å². The first kappa shape index (κ1) is 19.9. The SMILES string of the molecule is Cc1cc(C)cc(NC(=NCC2CCCO2)NC(=O)c2ccc(F)c(F)c2)c1. The van der Waals surface area contributed by atoms with Gasteiger partial charge >= 0.3 is 0 Å². The number of aryl methyl sites for hydroxylation is 2. The van der Waals surface area contributed by atoms with Crippen molar-refractivity contribution in [2.75, 3.05) is 18.5 Å². The van der Waals surface area contributed by atoms with Crippen molar-refractivity contribution in [3.8, 4) is 0 Å². The molecule has 1 heterocycles. The van der Waals surface area contributed by atoms with Gasteiger partial charge < -0.3 is 10.1 Å². The summed E-state index contributed by atoms with van der Waals surface area (Å²) in [6.07, 6.45) is 1.91. The van der Waals surface area contributed by atoms with E-state index in [9.17, 15) is 13.6 Å². The molecule has 1 amide bonds. The van der Waals surface area contributed by atoms with E-state index in [-0.39, 0.29) is 17.6 Å². The molecule has 2 aromatic carbocycles. The molecule has 0 saturated carbocycles. The molecule has 7 heteroatoms. The van der Waals surface area contributed by atoms with Crippen molar-refractivity contribution >= 4 is 17.6 Å². The second-order valence-electron chi connectivity index (χ2n) is 6.91. The summed E-state index contributed by atoms with van der Waals surface area (Å²) in [6, 6.07) is 8.90. The van der Waals surface area contributed by atoms with Crippen LogP contribution in [0.1, 0.15) is 34.3 Å². The van der Waals surface area contributed by atoms with E-state index < -0.39 is 17.5 Å². The zero-order chi connectivity index (χ0) is 20.1. The van der Waals surface area contributed by atoms with Gasteiger partial charge in [0.25, 0.3) is 5.91 Å². The van der Waals surface area contributed by atoms with E-state index in [2.05, 4.69) is 15.6 Å². The van der Waals surface area contributed by atoms with Gasteiger partial charge in [-0.15, -0.1) is 0 Å². The van der Waals surface area contributed by atoms with Gasteiger partial charge in [0.15, 0.2) is 11.6 Å². The maximum Gasteiger partial charge on any atom is 0.258 e. The Kier molecular flexibility index (Phi) is 6.36. The van der Waals surface area contributed by atoms with Crippen molar-refractivity contribution in [1.29, 1.82) is 0 Å². The molecule has 5 nitrogen and oxygen atoms in total.